The Morgan fingerprint density at radius 1 is 1.50 bits per heavy atom. The molecule has 1 aliphatic rings. The first-order valence-corrected chi connectivity index (χ1v) is 5.32. The van der Waals surface area contributed by atoms with Gasteiger partial charge in [-0.2, -0.15) is 0 Å². The lowest BCUT2D eigenvalue weighted by Gasteiger charge is -2.35. The van der Waals surface area contributed by atoms with Gasteiger partial charge in [0.15, 0.2) is 0 Å². The number of morpholine rings is 1. The van der Waals surface area contributed by atoms with E-state index < -0.39 is 0 Å². The van der Waals surface area contributed by atoms with Crippen LogP contribution in [0.3, 0.4) is 0 Å². The van der Waals surface area contributed by atoms with Crippen LogP contribution in [-0.2, 0) is 9.47 Å². The van der Waals surface area contributed by atoms with Crippen molar-refractivity contribution in [3.63, 3.8) is 0 Å². The molecule has 0 radical (unpaired) electrons. The Balaban J connectivity index is 2.23. The fraction of sp³-hybridized carbons (Fsp3) is 1.00. The van der Waals surface area contributed by atoms with Crippen molar-refractivity contribution in [2.75, 3.05) is 39.5 Å². The molecule has 0 aromatic heterocycles. The second kappa shape index (κ2) is 6.35. The van der Waals surface area contributed by atoms with Crippen molar-refractivity contribution in [2.24, 2.45) is 0 Å². The Kier molecular flexibility index (Phi) is 5.40. The van der Waals surface area contributed by atoms with E-state index in [9.17, 15) is 0 Å². The molecule has 4 heteroatoms. The standard InChI is InChI=1S/C10H21NO3/c1-3-13-5-4-11-6-9(2)14-10(7-11)8-12/h9-10,12H,3-8H2,1-2H3. The molecule has 0 aromatic carbocycles. The summed E-state index contributed by atoms with van der Waals surface area (Å²) < 4.78 is 10.8. The maximum absolute atomic E-state index is 9.02. The highest BCUT2D eigenvalue weighted by atomic mass is 16.5. The van der Waals surface area contributed by atoms with Gasteiger partial charge >= 0.3 is 0 Å². The van der Waals surface area contributed by atoms with Gasteiger partial charge in [0.05, 0.1) is 25.4 Å². The van der Waals surface area contributed by atoms with Crippen molar-refractivity contribution < 1.29 is 14.6 Å². The summed E-state index contributed by atoms with van der Waals surface area (Å²) in [5, 5.41) is 9.02. The lowest BCUT2D eigenvalue weighted by atomic mass is 10.2. The smallest absolute Gasteiger partial charge is 0.0936 e. The molecular formula is C10H21NO3. The van der Waals surface area contributed by atoms with Gasteiger partial charge in [0.25, 0.3) is 0 Å². The van der Waals surface area contributed by atoms with E-state index in [1.165, 1.54) is 0 Å². The minimum atomic E-state index is -0.0274. The molecule has 2 atom stereocenters. The molecule has 0 amide bonds. The number of nitrogens with zero attached hydrogens (tertiary/aromatic N) is 1. The Morgan fingerprint density at radius 2 is 2.29 bits per heavy atom. The molecule has 0 aromatic rings. The van der Waals surface area contributed by atoms with Crippen LogP contribution in [0.25, 0.3) is 0 Å². The summed E-state index contributed by atoms with van der Waals surface area (Å²) in [5.74, 6) is 0. The van der Waals surface area contributed by atoms with E-state index in [4.69, 9.17) is 14.6 Å². The summed E-state index contributed by atoms with van der Waals surface area (Å²) in [6.45, 7) is 8.35. The molecule has 0 saturated carbocycles. The Morgan fingerprint density at radius 3 is 2.93 bits per heavy atom. The lowest BCUT2D eigenvalue weighted by molar-refractivity contribution is -0.0984. The first kappa shape index (κ1) is 11.9. The van der Waals surface area contributed by atoms with Gasteiger partial charge in [0.1, 0.15) is 0 Å². The average molecular weight is 203 g/mol. The van der Waals surface area contributed by atoms with Gasteiger partial charge in [0, 0.05) is 26.2 Å². The molecule has 4 nitrogen and oxygen atoms in total. The predicted octanol–water partition coefficient (Wildman–Crippen LogP) is 0.104. The lowest BCUT2D eigenvalue weighted by Crippen LogP contribution is -2.48. The summed E-state index contributed by atoms with van der Waals surface area (Å²) in [5.41, 5.74) is 0. The quantitative estimate of drug-likeness (QED) is 0.644. The number of rotatable bonds is 5. The fourth-order valence-electron chi connectivity index (χ4n) is 1.76. The molecule has 0 aliphatic carbocycles. The Labute approximate surface area is 85.8 Å². The molecule has 1 saturated heterocycles. The maximum Gasteiger partial charge on any atom is 0.0936 e. The maximum atomic E-state index is 9.02. The van der Waals surface area contributed by atoms with Gasteiger partial charge in [-0.25, -0.2) is 0 Å². The minimum absolute atomic E-state index is 0.0274. The molecule has 84 valence electrons. The van der Waals surface area contributed by atoms with Gasteiger partial charge < -0.3 is 14.6 Å². The number of hydrogen-bond acceptors (Lipinski definition) is 4. The Bertz CT molecular complexity index is 154. The second-order valence-corrected chi connectivity index (χ2v) is 3.71. The van der Waals surface area contributed by atoms with Crippen molar-refractivity contribution in [3.05, 3.63) is 0 Å². The van der Waals surface area contributed by atoms with Gasteiger partial charge in [-0.15, -0.1) is 0 Å². The molecule has 1 fully saturated rings. The minimum Gasteiger partial charge on any atom is -0.394 e. The van der Waals surface area contributed by atoms with Crippen molar-refractivity contribution in [1.29, 1.82) is 0 Å². The van der Waals surface area contributed by atoms with Crippen molar-refractivity contribution >= 4 is 0 Å². The van der Waals surface area contributed by atoms with Crippen LogP contribution in [0.2, 0.25) is 0 Å². The predicted molar refractivity (Wildman–Crippen MR) is 54.4 cm³/mol. The van der Waals surface area contributed by atoms with Gasteiger partial charge in [-0.3, -0.25) is 4.90 Å². The van der Waals surface area contributed by atoms with E-state index in [-0.39, 0.29) is 18.8 Å². The molecule has 1 rings (SSSR count). The zero-order chi connectivity index (χ0) is 10.4. The van der Waals surface area contributed by atoms with E-state index in [1.807, 2.05) is 13.8 Å². The third kappa shape index (κ3) is 3.92. The van der Waals surface area contributed by atoms with E-state index in [0.29, 0.717) is 0 Å². The average Bonchev–Trinajstić information content (AvgIpc) is 2.17. The first-order chi connectivity index (χ1) is 6.76. The largest absolute Gasteiger partial charge is 0.394 e. The van der Waals surface area contributed by atoms with E-state index in [2.05, 4.69) is 4.90 Å². The van der Waals surface area contributed by atoms with Crippen LogP contribution < -0.4 is 0 Å². The van der Waals surface area contributed by atoms with Crippen LogP contribution in [-0.4, -0.2) is 61.7 Å². The summed E-state index contributed by atoms with van der Waals surface area (Å²) in [6, 6.07) is 0. The molecule has 0 spiro atoms. The molecule has 14 heavy (non-hydrogen) atoms. The Hall–Kier alpha value is -0.160. The van der Waals surface area contributed by atoms with Gasteiger partial charge in [0.2, 0.25) is 0 Å². The normalized spacial score (nSPS) is 29.4. The molecule has 1 aliphatic heterocycles. The molecule has 0 bridgehead atoms. The highest BCUT2D eigenvalue weighted by molar-refractivity contribution is 4.74. The summed E-state index contributed by atoms with van der Waals surface area (Å²) in [4.78, 5) is 2.28. The number of aliphatic hydroxyl groups excluding tert-OH is 1. The highest BCUT2D eigenvalue weighted by Crippen LogP contribution is 2.10. The first-order valence-electron chi connectivity index (χ1n) is 5.32. The van der Waals surface area contributed by atoms with Crippen LogP contribution in [0.5, 0.6) is 0 Å². The molecule has 1 N–H and O–H groups in total. The van der Waals surface area contributed by atoms with E-state index in [0.717, 1.165) is 32.8 Å². The van der Waals surface area contributed by atoms with Crippen LogP contribution in [0, 0.1) is 0 Å². The number of ether oxygens (including phenoxy) is 2. The molecule has 2 unspecified atom stereocenters. The van der Waals surface area contributed by atoms with Crippen molar-refractivity contribution in [2.45, 2.75) is 26.1 Å². The SMILES string of the molecule is CCOCCN1CC(C)OC(CO)C1. The van der Waals surface area contributed by atoms with Crippen LogP contribution >= 0.6 is 0 Å². The third-order valence-corrected chi connectivity index (χ3v) is 2.36. The highest BCUT2D eigenvalue weighted by Gasteiger charge is 2.23. The monoisotopic (exact) mass is 203 g/mol. The summed E-state index contributed by atoms with van der Waals surface area (Å²) in [7, 11) is 0. The van der Waals surface area contributed by atoms with Gasteiger partial charge in [-0.1, -0.05) is 0 Å². The molecule has 1 heterocycles. The van der Waals surface area contributed by atoms with Crippen molar-refractivity contribution in [3.8, 4) is 0 Å². The van der Waals surface area contributed by atoms with Crippen LogP contribution in [0.1, 0.15) is 13.8 Å². The van der Waals surface area contributed by atoms with E-state index in [1.54, 1.807) is 0 Å². The second-order valence-electron chi connectivity index (χ2n) is 3.71. The fourth-order valence-corrected chi connectivity index (χ4v) is 1.76. The number of hydrogen-bond donors (Lipinski definition) is 1. The van der Waals surface area contributed by atoms with Gasteiger partial charge in [-0.05, 0) is 13.8 Å². The summed E-state index contributed by atoms with van der Waals surface area (Å²) in [6.07, 6.45) is 0.183. The molecular weight excluding hydrogens is 182 g/mol. The summed E-state index contributed by atoms with van der Waals surface area (Å²) >= 11 is 0. The van der Waals surface area contributed by atoms with Crippen molar-refractivity contribution in [1.82, 2.24) is 4.90 Å². The zero-order valence-corrected chi connectivity index (χ0v) is 9.11. The number of aliphatic hydroxyl groups is 1. The zero-order valence-electron chi connectivity index (χ0n) is 9.11. The topological polar surface area (TPSA) is 41.9 Å². The van der Waals surface area contributed by atoms with Crippen LogP contribution in [0.15, 0.2) is 0 Å². The van der Waals surface area contributed by atoms with Crippen LogP contribution in [0.4, 0.5) is 0 Å². The third-order valence-electron chi connectivity index (χ3n) is 2.36. The van der Waals surface area contributed by atoms with E-state index >= 15 is 0 Å².